The lowest BCUT2D eigenvalue weighted by Crippen LogP contribution is -2.42. The van der Waals surface area contributed by atoms with E-state index in [0.29, 0.717) is 23.3 Å². The molecule has 1 aliphatic rings. The number of hydrazone groups is 1. The van der Waals surface area contributed by atoms with E-state index in [1.807, 2.05) is 36.4 Å². The number of rotatable bonds is 11. The number of nitrogens with two attached hydrogens (primary N) is 1. The molecule has 0 aliphatic carbocycles. The van der Waals surface area contributed by atoms with E-state index in [4.69, 9.17) is 22.7 Å². The number of amidine groups is 1. The molecule has 1 atom stereocenters. The first-order valence-corrected chi connectivity index (χ1v) is 10.4. The van der Waals surface area contributed by atoms with E-state index < -0.39 is 0 Å². The third-order valence-electron chi connectivity index (χ3n) is 4.41. The molecule has 5 nitrogen and oxygen atoms in total. The van der Waals surface area contributed by atoms with Crippen molar-refractivity contribution in [3.63, 3.8) is 0 Å². The van der Waals surface area contributed by atoms with Crippen LogP contribution in [0.2, 0.25) is 0 Å². The quantitative estimate of drug-likeness (QED) is 0.430. The number of nitrogens with one attached hydrogen (secondary N) is 1. The molecule has 0 fully saturated rings. The van der Waals surface area contributed by atoms with Crippen LogP contribution in [0.4, 0.5) is 5.69 Å². The van der Waals surface area contributed by atoms with Crippen LogP contribution in [0, 0.1) is 5.92 Å². The molecule has 1 aromatic rings. The number of para-hydroxylation sites is 1. The fourth-order valence-corrected chi connectivity index (χ4v) is 3.08. The molecule has 1 aliphatic heterocycles. The number of hydrogen-bond acceptors (Lipinski definition) is 5. The predicted octanol–water partition coefficient (Wildman–Crippen LogP) is 4.55. The molecular weight excluding hydrogens is 356 g/mol. The van der Waals surface area contributed by atoms with Crippen LogP contribution in [0.1, 0.15) is 52.4 Å². The number of ether oxygens (including phenoxy) is 1. The first-order chi connectivity index (χ1) is 13.2. The normalized spacial score (nSPS) is 16.5. The molecule has 0 aromatic heterocycles. The number of nitrogens with zero attached hydrogens (tertiary/aromatic N) is 2. The summed E-state index contributed by atoms with van der Waals surface area (Å²) in [5, 5.41) is 9.67. The number of thiocarbonyl (C=S) groups is 1. The Morgan fingerprint density at radius 3 is 2.59 bits per heavy atom. The maximum atomic E-state index is 6.26. The molecule has 0 radical (unpaired) electrons. The van der Waals surface area contributed by atoms with Crippen molar-refractivity contribution in [2.24, 2.45) is 16.8 Å². The molecule has 1 unspecified atom stereocenters. The summed E-state index contributed by atoms with van der Waals surface area (Å²) in [5.41, 5.74) is 7.17. The van der Waals surface area contributed by atoms with Gasteiger partial charge in [-0.25, -0.2) is 0 Å². The fraction of sp³-hybridized carbons (Fsp3) is 0.524. The van der Waals surface area contributed by atoms with E-state index in [0.717, 1.165) is 31.5 Å². The van der Waals surface area contributed by atoms with Crippen LogP contribution < -0.4 is 16.1 Å². The zero-order chi connectivity index (χ0) is 19.5. The summed E-state index contributed by atoms with van der Waals surface area (Å²) in [6.45, 7) is 5.86. The molecule has 3 N–H and O–H groups in total. The molecule has 148 valence electrons. The van der Waals surface area contributed by atoms with Crippen molar-refractivity contribution in [2.75, 3.05) is 18.2 Å². The highest BCUT2D eigenvalue weighted by molar-refractivity contribution is 7.80. The standard InChI is InChI=1S/C21H32N4OS/c1-3-5-7-11-14-23-21(27)18-16-19(26-15-6-4-2)25(24-20(18)22)17-12-9-8-10-13-17/h8-10,12-13,16,18H,3-7,11,14-15H2,1-2H3,(H2,22,24)(H,23,27). The Morgan fingerprint density at radius 1 is 1.15 bits per heavy atom. The monoisotopic (exact) mass is 388 g/mol. The second-order valence-corrected chi connectivity index (χ2v) is 7.15. The van der Waals surface area contributed by atoms with Crippen LogP contribution in [0.3, 0.4) is 0 Å². The first kappa shape index (κ1) is 21.2. The SMILES string of the molecule is CCCCCCNC(=S)C1C=C(OCCCC)N(c2ccccc2)N=C1N. The second kappa shape index (κ2) is 11.6. The molecule has 1 heterocycles. The van der Waals surface area contributed by atoms with Crippen LogP contribution in [-0.4, -0.2) is 24.0 Å². The summed E-state index contributed by atoms with van der Waals surface area (Å²) in [6.07, 6.45) is 8.84. The topological polar surface area (TPSA) is 62.9 Å². The Kier molecular flexibility index (Phi) is 9.11. The van der Waals surface area contributed by atoms with Crippen molar-refractivity contribution < 1.29 is 4.74 Å². The summed E-state index contributed by atoms with van der Waals surface area (Å²) in [5.74, 6) is 0.930. The van der Waals surface area contributed by atoms with Gasteiger partial charge in [0.1, 0.15) is 5.84 Å². The number of unbranched alkanes of at least 4 members (excludes halogenated alkanes) is 4. The van der Waals surface area contributed by atoms with Crippen molar-refractivity contribution in [3.05, 3.63) is 42.3 Å². The number of benzene rings is 1. The maximum absolute atomic E-state index is 6.26. The summed E-state index contributed by atoms with van der Waals surface area (Å²) in [7, 11) is 0. The van der Waals surface area contributed by atoms with Gasteiger partial charge in [0.25, 0.3) is 0 Å². The van der Waals surface area contributed by atoms with Crippen LogP contribution in [0.25, 0.3) is 0 Å². The highest BCUT2D eigenvalue weighted by Gasteiger charge is 2.27. The van der Waals surface area contributed by atoms with Gasteiger partial charge >= 0.3 is 0 Å². The Morgan fingerprint density at radius 2 is 1.89 bits per heavy atom. The molecule has 0 spiro atoms. The van der Waals surface area contributed by atoms with Gasteiger partial charge in [-0.3, -0.25) is 0 Å². The average Bonchev–Trinajstić information content (AvgIpc) is 2.69. The maximum Gasteiger partial charge on any atom is 0.212 e. The van der Waals surface area contributed by atoms with Crippen molar-refractivity contribution >= 4 is 28.7 Å². The van der Waals surface area contributed by atoms with Gasteiger partial charge in [0, 0.05) is 6.54 Å². The Hall–Kier alpha value is -2.08. The lowest BCUT2D eigenvalue weighted by molar-refractivity contribution is 0.197. The predicted molar refractivity (Wildman–Crippen MR) is 118 cm³/mol. The minimum Gasteiger partial charge on any atom is -0.478 e. The first-order valence-electron chi connectivity index (χ1n) is 9.98. The zero-order valence-corrected chi connectivity index (χ0v) is 17.3. The molecule has 6 heteroatoms. The van der Waals surface area contributed by atoms with Gasteiger partial charge in [0.2, 0.25) is 5.88 Å². The Bertz CT molecular complexity index is 645. The van der Waals surface area contributed by atoms with Crippen LogP contribution >= 0.6 is 12.2 Å². The van der Waals surface area contributed by atoms with E-state index >= 15 is 0 Å². The third-order valence-corrected chi connectivity index (χ3v) is 4.81. The Balaban J connectivity index is 2.08. The van der Waals surface area contributed by atoms with Crippen molar-refractivity contribution in [3.8, 4) is 0 Å². The minimum absolute atomic E-state index is 0.234. The van der Waals surface area contributed by atoms with E-state index in [1.54, 1.807) is 5.01 Å². The highest BCUT2D eigenvalue weighted by Crippen LogP contribution is 2.26. The van der Waals surface area contributed by atoms with Gasteiger partial charge < -0.3 is 15.8 Å². The number of hydrogen-bond donors (Lipinski definition) is 2. The summed E-state index contributed by atoms with van der Waals surface area (Å²) in [6, 6.07) is 9.89. The molecule has 0 saturated heterocycles. The van der Waals surface area contributed by atoms with Gasteiger partial charge in [0.15, 0.2) is 0 Å². The van der Waals surface area contributed by atoms with Gasteiger partial charge in [-0.2, -0.15) is 10.1 Å². The summed E-state index contributed by atoms with van der Waals surface area (Å²) < 4.78 is 6.01. The Labute approximate surface area is 168 Å². The smallest absolute Gasteiger partial charge is 0.212 e. The van der Waals surface area contributed by atoms with E-state index in [2.05, 4.69) is 24.3 Å². The lowest BCUT2D eigenvalue weighted by atomic mass is 10.1. The molecule has 0 bridgehead atoms. The fourth-order valence-electron chi connectivity index (χ4n) is 2.79. The molecule has 1 aromatic carbocycles. The van der Waals surface area contributed by atoms with Gasteiger partial charge in [0.05, 0.1) is 23.2 Å². The van der Waals surface area contributed by atoms with Crippen molar-refractivity contribution in [2.45, 2.75) is 52.4 Å². The van der Waals surface area contributed by atoms with Gasteiger partial charge in [-0.15, -0.1) is 0 Å². The summed E-state index contributed by atoms with van der Waals surface area (Å²) in [4.78, 5) is 0.706. The second-order valence-electron chi connectivity index (χ2n) is 6.71. The third kappa shape index (κ3) is 6.54. The molecule has 0 saturated carbocycles. The van der Waals surface area contributed by atoms with Crippen LogP contribution in [0.5, 0.6) is 0 Å². The van der Waals surface area contributed by atoms with Crippen LogP contribution in [-0.2, 0) is 4.74 Å². The average molecular weight is 389 g/mol. The van der Waals surface area contributed by atoms with E-state index in [-0.39, 0.29) is 5.92 Å². The minimum atomic E-state index is -0.234. The molecule has 27 heavy (non-hydrogen) atoms. The van der Waals surface area contributed by atoms with Gasteiger partial charge in [-0.1, -0.05) is 69.9 Å². The zero-order valence-electron chi connectivity index (χ0n) is 16.5. The molecular formula is C21H32N4OS. The molecule has 2 rings (SSSR count). The van der Waals surface area contributed by atoms with E-state index in [9.17, 15) is 0 Å². The highest BCUT2D eigenvalue weighted by atomic mass is 32.1. The summed E-state index contributed by atoms with van der Waals surface area (Å²) >= 11 is 5.58. The molecule has 0 amide bonds. The largest absolute Gasteiger partial charge is 0.478 e. The lowest BCUT2D eigenvalue weighted by Gasteiger charge is -2.29. The van der Waals surface area contributed by atoms with Crippen LogP contribution in [0.15, 0.2) is 47.4 Å². The van der Waals surface area contributed by atoms with E-state index in [1.165, 1.54) is 19.3 Å². The number of anilines is 1. The van der Waals surface area contributed by atoms with Crippen molar-refractivity contribution in [1.29, 1.82) is 0 Å². The van der Waals surface area contributed by atoms with Gasteiger partial charge in [-0.05, 0) is 31.1 Å². The van der Waals surface area contributed by atoms with Crippen molar-refractivity contribution in [1.82, 2.24) is 5.32 Å².